The molecule has 2 aromatic heterocycles. The van der Waals surface area contributed by atoms with Gasteiger partial charge in [0.2, 0.25) is 0 Å². The summed E-state index contributed by atoms with van der Waals surface area (Å²) >= 11 is 1.52. The first kappa shape index (κ1) is 24.0. The second-order valence-electron chi connectivity index (χ2n) is 8.24. The van der Waals surface area contributed by atoms with Crippen LogP contribution in [0.25, 0.3) is 0 Å². The van der Waals surface area contributed by atoms with Crippen LogP contribution >= 0.6 is 11.3 Å². The summed E-state index contributed by atoms with van der Waals surface area (Å²) in [6, 6.07) is 6.98. The molecule has 3 aromatic rings. The maximum Gasteiger partial charge on any atom is 0.256 e. The second-order valence-corrected chi connectivity index (χ2v) is 9.34. The number of nitrogens with zero attached hydrogens (tertiary/aromatic N) is 2. The number of rotatable bonds is 10. The number of carbonyl (C=O) groups excluding carboxylic acids is 2. The Balaban J connectivity index is 1.44. The number of anilines is 1. The van der Waals surface area contributed by atoms with E-state index in [1.165, 1.54) is 16.2 Å². The third-order valence-corrected chi connectivity index (χ3v) is 7.05. The fourth-order valence-corrected chi connectivity index (χ4v) is 5.24. The number of aryl methyl sites for hydroxylation is 2. The number of aromatic nitrogens is 2. The molecule has 0 saturated heterocycles. The normalized spacial score (nSPS) is 12.8. The van der Waals surface area contributed by atoms with Gasteiger partial charge in [-0.2, -0.15) is 0 Å². The molecule has 0 bridgehead atoms. The number of nitrogens with one attached hydrogen (secondary N) is 2. The third-order valence-electron chi connectivity index (χ3n) is 5.84. The van der Waals surface area contributed by atoms with Crippen LogP contribution in [-0.4, -0.2) is 41.6 Å². The molecule has 0 spiro atoms. The molecule has 1 aliphatic carbocycles. The Labute approximate surface area is 203 Å². The number of fused-ring (bicyclic) bond motifs is 1. The summed E-state index contributed by atoms with van der Waals surface area (Å²) in [5.41, 5.74) is 2.19. The zero-order chi connectivity index (χ0) is 23.9. The fourth-order valence-electron chi connectivity index (χ4n) is 3.96. The first-order chi connectivity index (χ1) is 16.6. The molecular formula is C25H30N4O4S. The summed E-state index contributed by atoms with van der Waals surface area (Å²) in [5, 5.41) is 6.58. The third kappa shape index (κ3) is 5.66. The average molecular weight is 483 g/mol. The van der Waals surface area contributed by atoms with Crippen molar-refractivity contribution < 1.29 is 19.1 Å². The minimum absolute atomic E-state index is 0.135. The number of hydrogen-bond donors (Lipinski definition) is 2. The topological polar surface area (TPSA) is 94.5 Å². The first-order valence-electron chi connectivity index (χ1n) is 11.5. The number of hydrogen-bond acceptors (Lipinski definition) is 6. The van der Waals surface area contributed by atoms with E-state index in [0.29, 0.717) is 41.6 Å². The molecule has 0 radical (unpaired) electrons. The molecule has 4 rings (SSSR count). The largest absolute Gasteiger partial charge is 0.486 e. The molecule has 2 amide bonds. The molecule has 0 aliphatic heterocycles. The lowest BCUT2D eigenvalue weighted by Crippen LogP contribution is -2.27. The smallest absolute Gasteiger partial charge is 0.256 e. The zero-order valence-electron chi connectivity index (χ0n) is 19.6. The van der Waals surface area contributed by atoms with Crippen molar-refractivity contribution in [2.45, 2.75) is 38.7 Å². The molecule has 1 aromatic carbocycles. The molecule has 1 aliphatic rings. The van der Waals surface area contributed by atoms with Gasteiger partial charge in [-0.25, -0.2) is 4.98 Å². The van der Waals surface area contributed by atoms with E-state index in [-0.39, 0.29) is 11.8 Å². The van der Waals surface area contributed by atoms with Crippen molar-refractivity contribution in [2.75, 3.05) is 25.6 Å². The van der Waals surface area contributed by atoms with Crippen LogP contribution in [0, 0.1) is 0 Å². The summed E-state index contributed by atoms with van der Waals surface area (Å²) in [4.78, 5) is 31.4. The van der Waals surface area contributed by atoms with E-state index in [2.05, 4.69) is 15.6 Å². The van der Waals surface area contributed by atoms with Gasteiger partial charge in [0.25, 0.3) is 11.8 Å². The van der Waals surface area contributed by atoms with E-state index in [1.807, 2.05) is 17.8 Å². The molecule has 0 unspecified atom stereocenters. The average Bonchev–Trinajstić information content (AvgIpc) is 3.43. The van der Waals surface area contributed by atoms with Gasteiger partial charge in [-0.3, -0.25) is 9.59 Å². The second kappa shape index (κ2) is 11.3. The standard InChI is InChI=1S/C25H30N4O4S/c1-29-14-13-26-21(29)16-33-18-10-8-17(9-11-18)23(30)28-25-22(24(31)27-12-5-15-32-2)19-6-3-4-7-20(19)34-25/h8-11,13-14H,3-7,12,15-16H2,1-2H3,(H,27,31)(H,28,30). The fraction of sp³-hybridized carbons (Fsp3) is 0.400. The SMILES string of the molecule is COCCCNC(=O)c1c(NC(=O)c2ccc(OCc3nccn3C)cc2)sc2c1CCCC2. The summed E-state index contributed by atoms with van der Waals surface area (Å²) in [7, 11) is 3.56. The van der Waals surface area contributed by atoms with Gasteiger partial charge in [0.15, 0.2) is 0 Å². The van der Waals surface area contributed by atoms with E-state index >= 15 is 0 Å². The van der Waals surface area contributed by atoms with E-state index in [0.717, 1.165) is 43.5 Å². The highest BCUT2D eigenvalue weighted by Crippen LogP contribution is 2.38. The van der Waals surface area contributed by atoms with Crippen molar-refractivity contribution in [1.82, 2.24) is 14.9 Å². The van der Waals surface area contributed by atoms with Gasteiger partial charge in [-0.1, -0.05) is 0 Å². The predicted octanol–water partition coefficient (Wildman–Crippen LogP) is 3.96. The zero-order valence-corrected chi connectivity index (χ0v) is 20.4. The van der Waals surface area contributed by atoms with Gasteiger partial charge in [0, 0.05) is 50.1 Å². The van der Waals surface area contributed by atoms with Crippen LogP contribution in [0.3, 0.4) is 0 Å². The number of amides is 2. The van der Waals surface area contributed by atoms with Crippen molar-refractivity contribution in [1.29, 1.82) is 0 Å². The van der Waals surface area contributed by atoms with Gasteiger partial charge < -0.3 is 24.7 Å². The van der Waals surface area contributed by atoms with Crippen LogP contribution in [0.4, 0.5) is 5.00 Å². The highest BCUT2D eigenvalue weighted by atomic mass is 32.1. The van der Waals surface area contributed by atoms with Gasteiger partial charge in [-0.15, -0.1) is 11.3 Å². The lowest BCUT2D eigenvalue weighted by atomic mass is 9.95. The van der Waals surface area contributed by atoms with Crippen molar-refractivity contribution in [3.05, 3.63) is 64.1 Å². The van der Waals surface area contributed by atoms with Crippen molar-refractivity contribution in [2.24, 2.45) is 7.05 Å². The molecular weight excluding hydrogens is 452 g/mol. The molecule has 180 valence electrons. The van der Waals surface area contributed by atoms with Crippen LogP contribution in [-0.2, 0) is 31.2 Å². The van der Waals surface area contributed by atoms with Gasteiger partial charge in [-0.05, 0) is 61.9 Å². The molecule has 0 fully saturated rings. The maximum absolute atomic E-state index is 13.0. The Hall–Kier alpha value is -3.17. The number of ether oxygens (including phenoxy) is 2. The van der Waals surface area contributed by atoms with Gasteiger partial charge in [0.1, 0.15) is 23.2 Å². The Morgan fingerprint density at radius 1 is 1.15 bits per heavy atom. The molecule has 0 atom stereocenters. The lowest BCUT2D eigenvalue weighted by molar-refractivity contribution is 0.0948. The molecule has 2 heterocycles. The molecule has 34 heavy (non-hydrogen) atoms. The Morgan fingerprint density at radius 3 is 2.68 bits per heavy atom. The summed E-state index contributed by atoms with van der Waals surface area (Å²) < 4.78 is 12.7. The van der Waals surface area contributed by atoms with Crippen molar-refractivity contribution in [3.63, 3.8) is 0 Å². The Kier molecular flexibility index (Phi) is 7.97. The summed E-state index contributed by atoms with van der Waals surface area (Å²) in [6.07, 6.45) is 8.30. The molecule has 8 nitrogen and oxygen atoms in total. The predicted molar refractivity (Wildman–Crippen MR) is 132 cm³/mol. The summed E-state index contributed by atoms with van der Waals surface area (Å²) in [5.74, 6) is 1.09. The van der Waals surface area contributed by atoms with Gasteiger partial charge >= 0.3 is 0 Å². The van der Waals surface area contributed by atoms with E-state index in [4.69, 9.17) is 9.47 Å². The number of carbonyl (C=O) groups is 2. The molecule has 9 heteroatoms. The lowest BCUT2D eigenvalue weighted by Gasteiger charge is -2.13. The van der Waals surface area contributed by atoms with Crippen molar-refractivity contribution >= 4 is 28.2 Å². The summed E-state index contributed by atoms with van der Waals surface area (Å²) in [6.45, 7) is 1.47. The number of benzene rings is 1. The number of thiophene rings is 1. The Bertz CT molecular complexity index is 1140. The molecule has 2 N–H and O–H groups in total. The van der Waals surface area contributed by atoms with Crippen LogP contribution in [0.5, 0.6) is 5.75 Å². The minimum atomic E-state index is -0.248. The van der Waals surface area contributed by atoms with Crippen LogP contribution in [0.1, 0.15) is 56.2 Å². The highest BCUT2D eigenvalue weighted by molar-refractivity contribution is 7.17. The Morgan fingerprint density at radius 2 is 1.94 bits per heavy atom. The van der Waals surface area contributed by atoms with Crippen LogP contribution in [0.2, 0.25) is 0 Å². The van der Waals surface area contributed by atoms with Gasteiger partial charge in [0.05, 0.1) is 5.56 Å². The van der Waals surface area contributed by atoms with E-state index < -0.39 is 0 Å². The quantitative estimate of drug-likeness (QED) is 0.427. The number of imidazole rings is 1. The first-order valence-corrected chi connectivity index (χ1v) is 12.3. The van der Waals surface area contributed by atoms with E-state index in [1.54, 1.807) is 37.6 Å². The van der Waals surface area contributed by atoms with Crippen molar-refractivity contribution in [3.8, 4) is 5.75 Å². The van der Waals surface area contributed by atoms with E-state index in [9.17, 15) is 9.59 Å². The maximum atomic E-state index is 13.0. The molecule has 0 saturated carbocycles. The monoisotopic (exact) mass is 482 g/mol. The van der Waals surface area contributed by atoms with Crippen LogP contribution < -0.4 is 15.4 Å². The minimum Gasteiger partial charge on any atom is -0.486 e. The van der Waals surface area contributed by atoms with Crippen LogP contribution in [0.15, 0.2) is 36.7 Å². The number of methoxy groups -OCH3 is 1. The highest BCUT2D eigenvalue weighted by Gasteiger charge is 2.26.